The topological polar surface area (TPSA) is 37.3 Å². The molecule has 0 radical (unpaired) electrons. The standard InChI is InChI=1S/C23H19ClO2S/c1-16-2-4-18(5-3-16)15-27-22(14-17-6-12-21(25)13-7-17)23(26)19-8-10-20(24)11-9-19/h2-14,25H,15H2,1H3/b22-14+. The molecule has 0 bridgehead atoms. The second-order valence-corrected chi connectivity index (χ2v) is 7.66. The van der Waals surface area contributed by atoms with Crippen LogP contribution in [0.4, 0.5) is 0 Å². The van der Waals surface area contributed by atoms with E-state index in [1.807, 2.05) is 6.08 Å². The van der Waals surface area contributed by atoms with Crippen molar-refractivity contribution in [2.45, 2.75) is 12.7 Å². The summed E-state index contributed by atoms with van der Waals surface area (Å²) in [4.78, 5) is 13.7. The van der Waals surface area contributed by atoms with E-state index < -0.39 is 0 Å². The highest BCUT2D eigenvalue weighted by Crippen LogP contribution is 2.28. The summed E-state index contributed by atoms with van der Waals surface area (Å²) in [5.41, 5.74) is 3.83. The Morgan fingerprint density at radius 1 is 0.963 bits per heavy atom. The van der Waals surface area contributed by atoms with Gasteiger partial charge in [0.25, 0.3) is 0 Å². The minimum Gasteiger partial charge on any atom is -0.508 e. The molecule has 1 N–H and O–H groups in total. The molecule has 27 heavy (non-hydrogen) atoms. The fraction of sp³-hybridized carbons (Fsp3) is 0.0870. The number of ketones is 1. The molecule has 0 aromatic heterocycles. The molecule has 0 amide bonds. The van der Waals surface area contributed by atoms with Gasteiger partial charge >= 0.3 is 0 Å². The van der Waals surface area contributed by atoms with Gasteiger partial charge in [0.15, 0.2) is 5.78 Å². The summed E-state index contributed by atoms with van der Waals surface area (Å²) >= 11 is 7.44. The van der Waals surface area contributed by atoms with E-state index in [0.717, 1.165) is 11.1 Å². The van der Waals surface area contributed by atoms with E-state index in [0.29, 0.717) is 21.2 Å². The van der Waals surface area contributed by atoms with Crippen molar-refractivity contribution in [2.75, 3.05) is 0 Å². The molecule has 0 aliphatic heterocycles. The average molecular weight is 395 g/mol. The average Bonchev–Trinajstić information content (AvgIpc) is 2.68. The Morgan fingerprint density at radius 3 is 2.22 bits per heavy atom. The number of hydrogen-bond acceptors (Lipinski definition) is 3. The summed E-state index contributed by atoms with van der Waals surface area (Å²) in [6.45, 7) is 2.05. The van der Waals surface area contributed by atoms with Crippen molar-refractivity contribution in [1.29, 1.82) is 0 Å². The predicted molar refractivity (Wildman–Crippen MR) is 114 cm³/mol. The van der Waals surface area contributed by atoms with E-state index >= 15 is 0 Å². The zero-order chi connectivity index (χ0) is 19.2. The van der Waals surface area contributed by atoms with Gasteiger partial charge in [-0.25, -0.2) is 0 Å². The Bertz CT molecular complexity index is 943. The van der Waals surface area contributed by atoms with Gasteiger partial charge in [-0.05, 0) is 60.5 Å². The van der Waals surface area contributed by atoms with Gasteiger partial charge in [-0.1, -0.05) is 53.6 Å². The van der Waals surface area contributed by atoms with Crippen molar-refractivity contribution in [3.63, 3.8) is 0 Å². The second-order valence-electron chi connectivity index (χ2n) is 6.21. The molecule has 3 aromatic rings. The van der Waals surface area contributed by atoms with Crippen LogP contribution in [0.15, 0.2) is 77.7 Å². The molecule has 3 aromatic carbocycles. The van der Waals surface area contributed by atoms with Gasteiger partial charge in [-0.15, -0.1) is 11.8 Å². The quantitative estimate of drug-likeness (QED) is 0.382. The van der Waals surface area contributed by atoms with Crippen molar-refractivity contribution >= 4 is 35.2 Å². The number of aryl methyl sites for hydroxylation is 1. The number of hydrogen-bond donors (Lipinski definition) is 1. The number of Topliss-reactive ketones (excluding diaryl/α,β-unsaturated/α-hetero) is 1. The van der Waals surface area contributed by atoms with Gasteiger partial charge in [0.2, 0.25) is 0 Å². The van der Waals surface area contributed by atoms with Gasteiger partial charge in [0.1, 0.15) is 5.75 Å². The monoisotopic (exact) mass is 394 g/mol. The van der Waals surface area contributed by atoms with Crippen molar-refractivity contribution in [1.82, 2.24) is 0 Å². The van der Waals surface area contributed by atoms with E-state index in [1.54, 1.807) is 48.5 Å². The van der Waals surface area contributed by atoms with Crippen LogP contribution in [0.1, 0.15) is 27.0 Å². The van der Waals surface area contributed by atoms with E-state index in [-0.39, 0.29) is 11.5 Å². The Labute approximate surface area is 168 Å². The van der Waals surface area contributed by atoms with E-state index in [2.05, 4.69) is 31.2 Å². The molecule has 0 atom stereocenters. The Hall–Kier alpha value is -2.49. The molecule has 0 heterocycles. The number of benzene rings is 3. The molecule has 3 rings (SSSR count). The van der Waals surface area contributed by atoms with Crippen LogP contribution in [0.2, 0.25) is 5.02 Å². The van der Waals surface area contributed by atoms with E-state index in [9.17, 15) is 9.90 Å². The lowest BCUT2D eigenvalue weighted by atomic mass is 10.1. The van der Waals surface area contributed by atoms with Crippen LogP contribution in [-0.2, 0) is 5.75 Å². The number of phenolic OH excluding ortho intramolecular Hbond substituents is 1. The van der Waals surface area contributed by atoms with Gasteiger partial charge in [0.05, 0.1) is 4.91 Å². The van der Waals surface area contributed by atoms with Crippen molar-refractivity contribution in [3.05, 3.63) is 105 Å². The summed E-state index contributed by atoms with van der Waals surface area (Å²) in [5, 5.41) is 10.1. The second kappa shape index (κ2) is 8.94. The summed E-state index contributed by atoms with van der Waals surface area (Å²) in [7, 11) is 0. The normalized spacial score (nSPS) is 11.4. The van der Waals surface area contributed by atoms with Crippen LogP contribution in [0.25, 0.3) is 6.08 Å². The third-order valence-electron chi connectivity index (χ3n) is 4.04. The molecule has 0 fully saturated rings. The molecule has 0 saturated carbocycles. The van der Waals surface area contributed by atoms with Gasteiger partial charge < -0.3 is 5.11 Å². The largest absolute Gasteiger partial charge is 0.508 e. The lowest BCUT2D eigenvalue weighted by Crippen LogP contribution is -2.01. The zero-order valence-corrected chi connectivity index (χ0v) is 16.4. The van der Waals surface area contributed by atoms with Crippen LogP contribution in [0.3, 0.4) is 0 Å². The number of allylic oxidation sites excluding steroid dienone is 1. The predicted octanol–water partition coefficient (Wildman–Crippen LogP) is 6.51. The Morgan fingerprint density at radius 2 is 1.59 bits per heavy atom. The Balaban J connectivity index is 1.87. The SMILES string of the molecule is Cc1ccc(CS/C(=C/c2ccc(O)cc2)C(=O)c2ccc(Cl)cc2)cc1. The number of thioether (sulfide) groups is 1. The maximum atomic E-state index is 13.0. The highest BCUT2D eigenvalue weighted by atomic mass is 35.5. The first-order chi connectivity index (χ1) is 13.0. The third-order valence-corrected chi connectivity index (χ3v) is 5.38. The van der Waals surface area contributed by atoms with Gasteiger partial charge in [0, 0.05) is 16.3 Å². The minimum atomic E-state index is -0.0446. The van der Waals surface area contributed by atoms with Crippen LogP contribution < -0.4 is 0 Å². The molecule has 0 saturated heterocycles. The number of carbonyl (C=O) groups excluding carboxylic acids is 1. The summed E-state index contributed by atoms with van der Waals surface area (Å²) in [6, 6.07) is 22.0. The number of aromatic hydroxyl groups is 1. The number of rotatable bonds is 6. The molecular formula is C23H19ClO2S. The van der Waals surface area contributed by atoms with E-state index in [1.165, 1.54) is 17.3 Å². The van der Waals surface area contributed by atoms with Gasteiger partial charge in [-0.2, -0.15) is 0 Å². The van der Waals surface area contributed by atoms with Crippen molar-refractivity contribution in [2.24, 2.45) is 0 Å². The first-order valence-electron chi connectivity index (χ1n) is 8.50. The molecule has 0 spiro atoms. The smallest absolute Gasteiger partial charge is 0.199 e. The maximum Gasteiger partial charge on any atom is 0.199 e. The first kappa shape index (κ1) is 19.3. The highest BCUT2D eigenvalue weighted by molar-refractivity contribution is 8.03. The minimum absolute atomic E-state index is 0.0446. The summed E-state index contributed by atoms with van der Waals surface area (Å²) in [6.07, 6.45) is 1.86. The number of phenols is 1. The van der Waals surface area contributed by atoms with Crippen molar-refractivity contribution in [3.8, 4) is 5.75 Å². The van der Waals surface area contributed by atoms with Crippen molar-refractivity contribution < 1.29 is 9.90 Å². The number of halogens is 1. The van der Waals surface area contributed by atoms with Crippen LogP contribution in [-0.4, -0.2) is 10.9 Å². The molecule has 4 heteroatoms. The molecule has 0 aliphatic rings. The fourth-order valence-corrected chi connectivity index (χ4v) is 3.59. The van der Waals surface area contributed by atoms with Crippen LogP contribution in [0, 0.1) is 6.92 Å². The maximum absolute atomic E-state index is 13.0. The van der Waals surface area contributed by atoms with Gasteiger partial charge in [-0.3, -0.25) is 4.79 Å². The molecule has 2 nitrogen and oxygen atoms in total. The first-order valence-corrected chi connectivity index (χ1v) is 9.87. The molecule has 0 aliphatic carbocycles. The molecule has 0 unspecified atom stereocenters. The zero-order valence-electron chi connectivity index (χ0n) is 14.9. The van der Waals surface area contributed by atoms with Crippen LogP contribution >= 0.6 is 23.4 Å². The summed E-state index contributed by atoms with van der Waals surface area (Å²) in [5.74, 6) is 0.852. The summed E-state index contributed by atoms with van der Waals surface area (Å²) < 4.78 is 0. The molecular weight excluding hydrogens is 376 g/mol. The Kier molecular flexibility index (Phi) is 6.38. The molecule has 136 valence electrons. The number of carbonyl (C=O) groups is 1. The fourth-order valence-electron chi connectivity index (χ4n) is 2.48. The van der Waals surface area contributed by atoms with Crippen LogP contribution in [0.5, 0.6) is 5.75 Å². The lowest BCUT2D eigenvalue weighted by molar-refractivity contribution is 0.104. The van der Waals surface area contributed by atoms with E-state index in [4.69, 9.17) is 11.6 Å². The highest BCUT2D eigenvalue weighted by Gasteiger charge is 2.14. The lowest BCUT2D eigenvalue weighted by Gasteiger charge is -2.08. The third kappa shape index (κ3) is 5.49.